The van der Waals surface area contributed by atoms with Crippen LogP contribution in [0.1, 0.15) is 114 Å². The third kappa shape index (κ3) is 10.9. The van der Waals surface area contributed by atoms with E-state index >= 15 is 0 Å². The highest BCUT2D eigenvalue weighted by Gasteiger charge is 2.06. The van der Waals surface area contributed by atoms with Gasteiger partial charge in [0.25, 0.3) is 0 Å². The summed E-state index contributed by atoms with van der Waals surface area (Å²) in [6, 6.07) is 0. The Bertz CT molecular complexity index is 426. The van der Waals surface area contributed by atoms with Crippen molar-refractivity contribution >= 4 is 12.4 Å². The molecule has 0 spiro atoms. The maximum absolute atomic E-state index is 4.56. The summed E-state index contributed by atoms with van der Waals surface area (Å²) in [5.41, 5.74) is 2.54. The topological polar surface area (TPSA) is 17.8 Å². The summed E-state index contributed by atoms with van der Waals surface area (Å²) in [4.78, 5) is 4.56. The molecular weight excluding hydrogens is 328 g/mol. The molecule has 0 saturated heterocycles. The maximum Gasteiger partial charge on any atom is 0.106 e. The molecule has 0 fully saturated rings. The Hall–Kier alpha value is -0.500. The predicted octanol–water partition coefficient (Wildman–Crippen LogP) is 7.71. The van der Waals surface area contributed by atoms with Crippen LogP contribution in [0, 0.1) is 20.8 Å². The first-order valence-corrected chi connectivity index (χ1v) is 10.7. The quantitative estimate of drug-likeness (QED) is 0.289. The third-order valence-corrected chi connectivity index (χ3v) is 5.38. The molecule has 0 bridgehead atoms. The van der Waals surface area contributed by atoms with Crippen molar-refractivity contribution in [1.82, 2.24) is 9.55 Å². The number of aryl methyl sites for hydroxylation is 2. The lowest BCUT2D eigenvalue weighted by Gasteiger charge is -2.08. The fourth-order valence-electron chi connectivity index (χ4n) is 3.62. The molecule has 3 heteroatoms. The number of aromatic nitrogens is 2. The molecule has 0 aliphatic rings. The Balaban J connectivity index is 0.00000576. The van der Waals surface area contributed by atoms with Gasteiger partial charge in [0.05, 0.1) is 5.69 Å². The number of unbranched alkanes of at least 4 members (excludes halogenated alkanes) is 13. The summed E-state index contributed by atoms with van der Waals surface area (Å²) < 4.78 is 2.38. The average molecular weight is 371 g/mol. The Labute approximate surface area is 163 Å². The van der Waals surface area contributed by atoms with Gasteiger partial charge in [-0.2, -0.15) is 0 Å². The maximum atomic E-state index is 4.56. The minimum atomic E-state index is 0. The minimum Gasteiger partial charge on any atom is -0.332 e. The molecule has 148 valence electrons. The molecule has 0 radical (unpaired) electrons. The van der Waals surface area contributed by atoms with Gasteiger partial charge in [0, 0.05) is 12.2 Å². The van der Waals surface area contributed by atoms with Gasteiger partial charge in [-0.25, -0.2) is 4.98 Å². The van der Waals surface area contributed by atoms with Gasteiger partial charge < -0.3 is 4.57 Å². The molecule has 0 amide bonds. The zero-order valence-corrected chi connectivity index (χ0v) is 18.2. The molecule has 0 N–H and O–H groups in total. The normalized spacial score (nSPS) is 10.9. The Kier molecular flexibility index (Phi) is 15.4. The van der Waals surface area contributed by atoms with Crippen molar-refractivity contribution in [1.29, 1.82) is 0 Å². The zero-order chi connectivity index (χ0) is 17.6. The Morgan fingerprint density at radius 3 is 1.40 bits per heavy atom. The second-order valence-electron chi connectivity index (χ2n) is 7.58. The van der Waals surface area contributed by atoms with E-state index in [4.69, 9.17) is 0 Å². The van der Waals surface area contributed by atoms with Gasteiger partial charge in [0.15, 0.2) is 0 Å². The molecule has 0 saturated carbocycles. The summed E-state index contributed by atoms with van der Waals surface area (Å²) in [5, 5.41) is 0. The van der Waals surface area contributed by atoms with E-state index in [1.54, 1.807) is 0 Å². The first-order chi connectivity index (χ1) is 11.7. The van der Waals surface area contributed by atoms with Crippen LogP contribution in [0.15, 0.2) is 0 Å². The van der Waals surface area contributed by atoms with E-state index in [0.717, 1.165) is 6.54 Å². The van der Waals surface area contributed by atoms with Gasteiger partial charge in [0.1, 0.15) is 5.82 Å². The highest BCUT2D eigenvalue weighted by molar-refractivity contribution is 5.85. The molecule has 0 unspecified atom stereocenters. The van der Waals surface area contributed by atoms with Gasteiger partial charge >= 0.3 is 0 Å². The molecular formula is C22H43ClN2. The molecule has 0 atom stereocenters. The highest BCUT2D eigenvalue weighted by atomic mass is 35.5. The molecule has 1 heterocycles. The number of hydrogen-bond acceptors (Lipinski definition) is 1. The van der Waals surface area contributed by atoms with Crippen molar-refractivity contribution in [3.05, 3.63) is 17.2 Å². The zero-order valence-electron chi connectivity index (χ0n) is 17.4. The molecule has 1 aromatic rings. The number of nitrogens with zero attached hydrogens (tertiary/aromatic N) is 2. The Morgan fingerprint density at radius 2 is 1.04 bits per heavy atom. The first kappa shape index (κ1) is 24.5. The number of rotatable bonds is 15. The lowest BCUT2D eigenvalue weighted by molar-refractivity contribution is 0.520. The van der Waals surface area contributed by atoms with Crippen LogP contribution in [0.4, 0.5) is 0 Å². The summed E-state index contributed by atoms with van der Waals surface area (Å²) >= 11 is 0. The van der Waals surface area contributed by atoms with Crippen LogP contribution >= 0.6 is 12.4 Å². The third-order valence-electron chi connectivity index (χ3n) is 5.38. The van der Waals surface area contributed by atoms with Crippen molar-refractivity contribution < 1.29 is 0 Å². The van der Waals surface area contributed by atoms with Crippen LogP contribution in [0.5, 0.6) is 0 Å². The van der Waals surface area contributed by atoms with Crippen molar-refractivity contribution in [2.45, 2.75) is 124 Å². The lowest BCUT2D eigenvalue weighted by atomic mass is 10.0. The van der Waals surface area contributed by atoms with Gasteiger partial charge in [0.2, 0.25) is 0 Å². The molecule has 0 aromatic carbocycles. The monoisotopic (exact) mass is 370 g/mol. The minimum absolute atomic E-state index is 0. The molecule has 1 rings (SSSR count). The number of hydrogen-bond donors (Lipinski definition) is 0. The fraction of sp³-hybridized carbons (Fsp3) is 0.864. The van der Waals surface area contributed by atoms with E-state index in [1.165, 1.54) is 107 Å². The standard InChI is InChI=1S/C22H42N2.ClH/c1-5-6-7-8-9-10-11-12-13-14-15-16-17-18-19-24-21(3)20(2)23-22(24)4;/h5-19H2,1-4H3;1H. The Morgan fingerprint density at radius 1 is 0.640 bits per heavy atom. The molecule has 2 nitrogen and oxygen atoms in total. The SMILES string of the molecule is CCCCCCCCCCCCCCCCn1c(C)nc(C)c1C.Cl. The first-order valence-electron chi connectivity index (χ1n) is 10.7. The van der Waals surface area contributed by atoms with Crippen molar-refractivity contribution in [3.63, 3.8) is 0 Å². The smallest absolute Gasteiger partial charge is 0.106 e. The average Bonchev–Trinajstić information content (AvgIpc) is 2.81. The second kappa shape index (κ2) is 15.7. The van der Waals surface area contributed by atoms with Gasteiger partial charge in [-0.3, -0.25) is 0 Å². The van der Waals surface area contributed by atoms with Crippen LogP contribution in [0.2, 0.25) is 0 Å². The van der Waals surface area contributed by atoms with Crippen LogP contribution < -0.4 is 0 Å². The number of imidazole rings is 1. The summed E-state index contributed by atoms with van der Waals surface area (Å²) in [6.07, 6.45) is 20.0. The largest absolute Gasteiger partial charge is 0.332 e. The predicted molar refractivity (Wildman–Crippen MR) is 114 cm³/mol. The van der Waals surface area contributed by atoms with Gasteiger partial charge in [-0.05, 0) is 27.2 Å². The molecule has 0 aliphatic heterocycles. The second-order valence-corrected chi connectivity index (χ2v) is 7.58. The molecule has 0 aliphatic carbocycles. The van der Waals surface area contributed by atoms with Gasteiger partial charge in [-0.1, -0.05) is 90.4 Å². The van der Waals surface area contributed by atoms with Crippen molar-refractivity contribution in [2.24, 2.45) is 0 Å². The van der Waals surface area contributed by atoms with E-state index in [0.29, 0.717) is 0 Å². The van der Waals surface area contributed by atoms with Crippen LogP contribution in [-0.2, 0) is 6.54 Å². The van der Waals surface area contributed by atoms with Crippen LogP contribution in [0.3, 0.4) is 0 Å². The van der Waals surface area contributed by atoms with Crippen molar-refractivity contribution in [2.75, 3.05) is 0 Å². The van der Waals surface area contributed by atoms with Crippen molar-refractivity contribution in [3.8, 4) is 0 Å². The van der Waals surface area contributed by atoms with Crippen LogP contribution in [0.25, 0.3) is 0 Å². The summed E-state index contributed by atoms with van der Waals surface area (Å²) in [5.74, 6) is 1.18. The van der Waals surface area contributed by atoms with E-state index in [1.807, 2.05) is 0 Å². The van der Waals surface area contributed by atoms with Crippen LogP contribution in [-0.4, -0.2) is 9.55 Å². The lowest BCUT2D eigenvalue weighted by Crippen LogP contribution is -2.02. The highest BCUT2D eigenvalue weighted by Crippen LogP contribution is 2.14. The van der Waals surface area contributed by atoms with E-state index in [2.05, 4.69) is 37.2 Å². The van der Waals surface area contributed by atoms with Gasteiger partial charge in [-0.15, -0.1) is 12.4 Å². The summed E-state index contributed by atoms with van der Waals surface area (Å²) in [7, 11) is 0. The van der Waals surface area contributed by atoms with E-state index < -0.39 is 0 Å². The molecule has 25 heavy (non-hydrogen) atoms. The molecule has 1 aromatic heterocycles. The van der Waals surface area contributed by atoms with E-state index in [9.17, 15) is 0 Å². The summed E-state index contributed by atoms with van der Waals surface area (Å²) in [6.45, 7) is 9.88. The fourth-order valence-corrected chi connectivity index (χ4v) is 3.62. The van der Waals surface area contributed by atoms with E-state index in [-0.39, 0.29) is 12.4 Å². The number of halogens is 1.